The molecule has 0 radical (unpaired) electrons. The molecule has 0 aliphatic heterocycles. The van der Waals surface area contributed by atoms with Gasteiger partial charge in [-0.3, -0.25) is 4.79 Å². The minimum atomic E-state index is -0.201. The van der Waals surface area contributed by atoms with E-state index in [2.05, 4.69) is 21.1 Å². The van der Waals surface area contributed by atoms with Crippen molar-refractivity contribution in [2.24, 2.45) is 0 Å². The summed E-state index contributed by atoms with van der Waals surface area (Å²) in [5.41, 5.74) is 0. The molecule has 3 nitrogen and oxygen atoms in total. The molecule has 0 amide bonds. The molecule has 0 bridgehead atoms. The van der Waals surface area contributed by atoms with E-state index in [0.29, 0.717) is 6.61 Å². The minimum Gasteiger partial charge on any atom is -0.460 e. The predicted molar refractivity (Wildman–Crippen MR) is 61.0 cm³/mol. The van der Waals surface area contributed by atoms with E-state index >= 15 is 0 Å². The summed E-state index contributed by atoms with van der Waals surface area (Å²) in [6.45, 7) is 2.80. The second-order valence-electron chi connectivity index (χ2n) is 3.35. The van der Waals surface area contributed by atoms with Crippen LogP contribution in [0.2, 0.25) is 0 Å². The van der Waals surface area contributed by atoms with E-state index < -0.39 is 0 Å². The van der Waals surface area contributed by atoms with Gasteiger partial charge in [-0.05, 0) is 0 Å². The molecule has 0 heterocycles. The topological polar surface area (TPSA) is 26.3 Å². The lowest BCUT2D eigenvalue weighted by molar-refractivity contribution is -0.870. The van der Waals surface area contributed by atoms with Crippen LogP contribution in [0.1, 0.15) is 6.92 Å². The van der Waals surface area contributed by atoms with E-state index in [1.165, 1.54) is 6.92 Å². The lowest BCUT2D eigenvalue weighted by atomic mass is 10.5. The Hall–Kier alpha value is 0.340. The fourth-order valence-electron chi connectivity index (χ4n) is 0.463. The fraction of sp³-hybridized carbons (Fsp3) is 0.857. The van der Waals surface area contributed by atoms with Crippen molar-refractivity contribution in [2.75, 3.05) is 34.3 Å². The van der Waals surface area contributed by atoms with E-state index in [1.807, 2.05) is 0 Å². The van der Waals surface area contributed by atoms with Crippen LogP contribution in [0.4, 0.5) is 0 Å². The van der Waals surface area contributed by atoms with Gasteiger partial charge in [0.1, 0.15) is 13.2 Å². The summed E-state index contributed by atoms with van der Waals surface area (Å²) in [5, 5.41) is 0. The van der Waals surface area contributed by atoms with Crippen LogP contribution in [-0.2, 0) is 9.53 Å². The molecule has 0 aliphatic carbocycles. The Morgan fingerprint density at radius 1 is 1.33 bits per heavy atom. The highest BCUT2D eigenvalue weighted by atomic mass is 79.9. The molecule has 0 fully saturated rings. The van der Waals surface area contributed by atoms with Gasteiger partial charge < -0.3 is 9.22 Å². The molecule has 0 saturated heterocycles. The second kappa shape index (κ2) is 7.96. The normalized spacial score (nSPS) is 9.33. The van der Waals surface area contributed by atoms with Gasteiger partial charge in [0.05, 0.1) is 21.1 Å². The maximum atomic E-state index is 10.3. The van der Waals surface area contributed by atoms with E-state index in [0.717, 1.165) is 11.0 Å². The lowest BCUT2D eigenvalue weighted by Crippen LogP contribution is -2.37. The van der Waals surface area contributed by atoms with Crippen molar-refractivity contribution in [3.05, 3.63) is 0 Å². The van der Waals surface area contributed by atoms with Gasteiger partial charge in [0.15, 0.2) is 0 Å². The number of hydrogen-bond donors (Lipinski definition) is 0. The Morgan fingerprint density at radius 2 is 1.75 bits per heavy atom. The van der Waals surface area contributed by atoms with Crippen LogP contribution in [0.5, 0.6) is 0 Å². The molecule has 1 atom stereocenters. The Morgan fingerprint density at radius 3 is 2.00 bits per heavy atom. The zero-order valence-electron chi connectivity index (χ0n) is 8.29. The molecule has 0 aromatic heterocycles. The van der Waals surface area contributed by atoms with Crippen molar-refractivity contribution in [1.82, 2.24) is 0 Å². The number of ether oxygens (including phenoxy) is 1. The van der Waals surface area contributed by atoms with Gasteiger partial charge in [0.25, 0.3) is 0 Å². The van der Waals surface area contributed by atoms with Gasteiger partial charge in [-0.2, -0.15) is 9.90 Å². The summed E-state index contributed by atoms with van der Waals surface area (Å²) in [6, 6.07) is 0. The molecule has 5 heteroatoms. The molecule has 12 heavy (non-hydrogen) atoms. The van der Waals surface area contributed by atoms with Crippen molar-refractivity contribution in [3.63, 3.8) is 0 Å². The first-order valence-electron chi connectivity index (χ1n) is 3.35. The number of hydrogen-bond acceptors (Lipinski definition) is 2. The highest BCUT2D eigenvalue weighted by molar-refractivity contribution is 8.93. The van der Waals surface area contributed by atoms with E-state index in [4.69, 9.17) is 4.74 Å². The SMILES string of the molecule is Br.CC(=O)OCC[N+](C)(C)C.P. The number of esters is 1. The molecule has 0 saturated carbocycles. The van der Waals surface area contributed by atoms with Crippen molar-refractivity contribution in [3.8, 4) is 0 Å². The monoisotopic (exact) mass is 260 g/mol. The first-order valence-corrected chi connectivity index (χ1v) is 3.35. The van der Waals surface area contributed by atoms with Crippen molar-refractivity contribution in [1.29, 1.82) is 0 Å². The highest BCUT2D eigenvalue weighted by Crippen LogP contribution is 1.88. The average Bonchev–Trinajstić information content (AvgIpc) is 1.59. The molecule has 0 aromatic carbocycles. The largest absolute Gasteiger partial charge is 0.460 e. The number of quaternary nitrogens is 1. The molecule has 0 aliphatic rings. The van der Waals surface area contributed by atoms with Crippen LogP contribution >= 0.6 is 26.9 Å². The fourth-order valence-corrected chi connectivity index (χ4v) is 0.463. The molecule has 0 spiro atoms. The maximum absolute atomic E-state index is 10.3. The number of carbonyl (C=O) groups is 1. The van der Waals surface area contributed by atoms with Crippen LogP contribution in [0.25, 0.3) is 0 Å². The Balaban J connectivity index is -0.000000405. The zero-order valence-corrected chi connectivity index (χ0v) is 11.4. The van der Waals surface area contributed by atoms with Crippen molar-refractivity contribution >= 4 is 32.8 Å². The molecule has 76 valence electrons. The Bertz CT molecular complexity index is 125. The smallest absolute Gasteiger partial charge is 0.302 e. The van der Waals surface area contributed by atoms with Crippen LogP contribution in [-0.4, -0.2) is 44.7 Å². The second-order valence-corrected chi connectivity index (χ2v) is 3.35. The van der Waals surface area contributed by atoms with Gasteiger partial charge in [0, 0.05) is 6.92 Å². The van der Waals surface area contributed by atoms with Gasteiger partial charge in [0.2, 0.25) is 0 Å². The van der Waals surface area contributed by atoms with Gasteiger partial charge in [-0.15, -0.1) is 17.0 Å². The van der Waals surface area contributed by atoms with Crippen molar-refractivity contribution < 1.29 is 14.0 Å². The summed E-state index contributed by atoms with van der Waals surface area (Å²) >= 11 is 0. The third-order valence-electron chi connectivity index (χ3n) is 1.07. The summed E-state index contributed by atoms with van der Waals surface area (Å²) in [7, 11) is 6.18. The summed E-state index contributed by atoms with van der Waals surface area (Å²) in [5.74, 6) is -0.201. The number of carbonyl (C=O) groups excluding carboxylic acids is 1. The standard InChI is InChI=1S/C7H16NO2.BrH.H3P/c1-7(9)10-6-5-8(2,3)4;;/h5-6H2,1-4H3;1H;1H3/q+1;;. The number of likely N-dealkylation sites (N-methyl/N-ethyl adjacent to an activating group) is 1. The summed E-state index contributed by atoms with van der Waals surface area (Å²) < 4.78 is 5.59. The van der Waals surface area contributed by atoms with Crippen LogP contribution < -0.4 is 0 Å². The molecular formula is C7H20BrNO2P+. The van der Waals surface area contributed by atoms with Crippen LogP contribution in [0, 0.1) is 0 Å². The zero-order chi connectivity index (χ0) is 8.20. The van der Waals surface area contributed by atoms with E-state index in [-0.39, 0.29) is 32.8 Å². The molecule has 0 N–H and O–H groups in total. The average molecular weight is 261 g/mol. The Labute approximate surface area is 88.4 Å². The molecule has 0 rings (SSSR count). The molecule has 1 unspecified atom stereocenters. The van der Waals surface area contributed by atoms with Crippen molar-refractivity contribution in [2.45, 2.75) is 6.92 Å². The first-order chi connectivity index (χ1) is 4.42. The lowest BCUT2D eigenvalue weighted by Gasteiger charge is -2.23. The Kier molecular flexibility index (Phi) is 12.1. The minimum absolute atomic E-state index is 0. The summed E-state index contributed by atoms with van der Waals surface area (Å²) in [6.07, 6.45) is 0. The predicted octanol–water partition coefficient (Wildman–Crippen LogP) is 0.892. The number of halogens is 1. The first kappa shape index (κ1) is 18.2. The third kappa shape index (κ3) is 16.7. The molecular weight excluding hydrogens is 241 g/mol. The van der Waals surface area contributed by atoms with E-state index in [1.54, 1.807) is 0 Å². The quantitative estimate of drug-likeness (QED) is 0.428. The van der Waals surface area contributed by atoms with E-state index in [9.17, 15) is 4.79 Å². The van der Waals surface area contributed by atoms with Gasteiger partial charge in [-0.1, -0.05) is 0 Å². The van der Waals surface area contributed by atoms with Crippen LogP contribution in [0.15, 0.2) is 0 Å². The third-order valence-corrected chi connectivity index (χ3v) is 1.07. The van der Waals surface area contributed by atoms with Gasteiger partial charge >= 0.3 is 5.97 Å². The molecule has 0 aromatic rings. The number of rotatable bonds is 3. The van der Waals surface area contributed by atoms with Crippen LogP contribution in [0.3, 0.4) is 0 Å². The van der Waals surface area contributed by atoms with Gasteiger partial charge in [-0.25, -0.2) is 0 Å². The highest BCUT2D eigenvalue weighted by Gasteiger charge is 2.06. The number of nitrogens with zero attached hydrogens (tertiary/aromatic N) is 1. The summed E-state index contributed by atoms with van der Waals surface area (Å²) in [4.78, 5) is 10.3. The maximum Gasteiger partial charge on any atom is 0.302 e.